The first-order valence-corrected chi connectivity index (χ1v) is 4.06. The average Bonchev–Trinajstić information content (AvgIpc) is 2.03. The molecular weight excluding hydrogens is 154 g/mol. The molecule has 0 aromatic heterocycles. The molecule has 0 aromatic carbocycles. The molecule has 72 valence electrons. The molecular formula is C9H19NO2. The fourth-order valence-electron chi connectivity index (χ4n) is 0.866. The van der Waals surface area contributed by atoms with Gasteiger partial charge in [0.05, 0.1) is 0 Å². The second kappa shape index (κ2) is 8.43. The fraction of sp³-hybridized carbons (Fsp3) is 0.667. The number of aliphatic hydroxyl groups excluding tert-OH is 1. The van der Waals surface area contributed by atoms with Crippen molar-refractivity contribution in [1.29, 1.82) is 0 Å². The van der Waals surface area contributed by atoms with Crippen LogP contribution in [0, 0.1) is 0 Å². The summed E-state index contributed by atoms with van der Waals surface area (Å²) in [5.41, 5.74) is 0. The smallest absolute Gasteiger partial charge is 0.183 e. The van der Waals surface area contributed by atoms with Gasteiger partial charge >= 0.3 is 0 Å². The first kappa shape index (κ1) is 13.9. The van der Waals surface area contributed by atoms with E-state index in [4.69, 9.17) is 5.11 Å². The highest BCUT2D eigenvalue weighted by Gasteiger charge is 2.09. The molecule has 0 saturated carbocycles. The van der Waals surface area contributed by atoms with E-state index in [1.54, 1.807) is 0 Å². The van der Waals surface area contributed by atoms with E-state index >= 15 is 0 Å². The van der Waals surface area contributed by atoms with Crippen molar-refractivity contribution < 1.29 is 9.90 Å². The fourth-order valence-corrected chi connectivity index (χ4v) is 0.866. The van der Waals surface area contributed by atoms with Crippen LogP contribution < -0.4 is 6.15 Å². The lowest BCUT2D eigenvalue weighted by Gasteiger charge is -2.04. The van der Waals surface area contributed by atoms with Crippen molar-refractivity contribution in [2.75, 3.05) is 0 Å². The normalized spacial score (nSPS) is 11.5. The lowest BCUT2D eigenvalue weighted by Crippen LogP contribution is -2.17. The Hall–Kier alpha value is -0.670. The molecule has 0 aliphatic heterocycles. The maximum atomic E-state index is 10.7. The molecule has 3 nitrogen and oxygen atoms in total. The van der Waals surface area contributed by atoms with Crippen molar-refractivity contribution in [3.05, 3.63) is 12.7 Å². The summed E-state index contributed by atoms with van der Waals surface area (Å²) in [4.78, 5) is 10.7. The van der Waals surface area contributed by atoms with Gasteiger partial charge in [-0.15, -0.1) is 0 Å². The van der Waals surface area contributed by atoms with E-state index in [0.717, 1.165) is 19.3 Å². The van der Waals surface area contributed by atoms with Crippen LogP contribution in [0.15, 0.2) is 12.7 Å². The zero-order valence-corrected chi connectivity index (χ0v) is 7.75. The largest absolute Gasteiger partial charge is 0.385 e. The number of carbonyl (C=O) groups is 1. The summed E-state index contributed by atoms with van der Waals surface area (Å²) < 4.78 is 0. The summed E-state index contributed by atoms with van der Waals surface area (Å²) in [6.45, 7) is 5.39. The Labute approximate surface area is 74.1 Å². The van der Waals surface area contributed by atoms with Crippen LogP contribution in [0.2, 0.25) is 0 Å². The highest BCUT2D eigenvalue weighted by atomic mass is 16.3. The minimum Gasteiger partial charge on any atom is -0.385 e. The summed E-state index contributed by atoms with van der Waals surface area (Å²) >= 11 is 0. The van der Waals surface area contributed by atoms with Gasteiger partial charge in [0.1, 0.15) is 6.10 Å². The number of carbonyl (C=O) groups excluding carboxylic acids is 1. The first-order valence-electron chi connectivity index (χ1n) is 4.06. The van der Waals surface area contributed by atoms with Gasteiger partial charge in [0.2, 0.25) is 0 Å². The third-order valence-corrected chi connectivity index (χ3v) is 1.61. The topological polar surface area (TPSA) is 72.3 Å². The maximum absolute atomic E-state index is 10.7. The Balaban J connectivity index is 0. The minimum atomic E-state index is -0.820. The van der Waals surface area contributed by atoms with Gasteiger partial charge in [0.15, 0.2) is 5.78 Å². The van der Waals surface area contributed by atoms with Gasteiger partial charge in [-0.2, -0.15) is 0 Å². The molecule has 1 unspecified atom stereocenters. The van der Waals surface area contributed by atoms with E-state index in [2.05, 4.69) is 13.5 Å². The Bertz CT molecular complexity index is 134. The molecule has 0 fully saturated rings. The molecule has 0 heterocycles. The number of rotatable bonds is 6. The van der Waals surface area contributed by atoms with Crippen LogP contribution in [-0.4, -0.2) is 17.0 Å². The Morgan fingerprint density at radius 2 is 2.17 bits per heavy atom. The van der Waals surface area contributed by atoms with Crippen LogP contribution in [0.3, 0.4) is 0 Å². The maximum Gasteiger partial charge on any atom is 0.183 e. The third kappa shape index (κ3) is 6.07. The molecule has 4 N–H and O–H groups in total. The summed E-state index contributed by atoms with van der Waals surface area (Å²) in [6.07, 6.45) is 4.02. The van der Waals surface area contributed by atoms with Gasteiger partial charge in [-0.1, -0.05) is 32.8 Å². The van der Waals surface area contributed by atoms with Crippen LogP contribution in [0.1, 0.15) is 32.6 Å². The van der Waals surface area contributed by atoms with Crippen molar-refractivity contribution in [3.63, 3.8) is 0 Å². The van der Waals surface area contributed by atoms with Crippen LogP contribution in [0.25, 0.3) is 0 Å². The molecule has 0 aliphatic rings. The number of unbranched alkanes of at least 4 members (excludes halogenated alkanes) is 2. The van der Waals surface area contributed by atoms with Crippen LogP contribution >= 0.6 is 0 Å². The molecule has 0 bridgehead atoms. The lowest BCUT2D eigenvalue weighted by molar-refractivity contribution is -0.122. The van der Waals surface area contributed by atoms with Crippen molar-refractivity contribution >= 4 is 5.78 Å². The monoisotopic (exact) mass is 173 g/mol. The van der Waals surface area contributed by atoms with Crippen LogP contribution in [0.4, 0.5) is 0 Å². The Kier molecular flexibility index (Phi) is 9.75. The van der Waals surface area contributed by atoms with Crippen molar-refractivity contribution in [1.82, 2.24) is 6.15 Å². The SMILES string of the molecule is C=CC(=O)C(O)CCCCC.N. The van der Waals surface area contributed by atoms with Crippen molar-refractivity contribution in [2.24, 2.45) is 0 Å². The standard InChI is InChI=1S/C9H16O2.H3N/c1-3-5-6-7-9(11)8(10)4-2;/h4,9,11H,2-3,5-7H2,1H3;1H3. The number of ketones is 1. The molecule has 0 rings (SSSR count). The van der Waals surface area contributed by atoms with Gasteiger partial charge in [-0.25, -0.2) is 0 Å². The molecule has 1 atom stereocenters. The van der Waals surface area contributed by atoms with E-state index in [0.29, 0.717) is 6.42 Å². The summed E-state index contributed by atoms with van der Waals surface area (Å²) in [7, 11) is 0. The number of hydrogen-bond donors (Lipinski definition) is 2. The zero-order chi connectivity index (χ0) is 8.69. The first-order chi connectivity index (χ1) is 5.22. The number of aliphatic hydroxyl groups is 1. The molecule has 3 heteroatoms. The van der Waals surface area contributed by atoms with E-state index in [1.807, 2.05) is 0 Å². The molecule has 12 heavy (non-hydrogen) atoms. The minimum absolute atomic E-state index is 0. The third-order valence-electron chi connectivity index (χ3n) is 1.61. The second-order valence-electron chi connectivity index (χ2n) is 2.62. The summed E-state index contributed by atoms with van der Waals surface area (Å²) in [5, 5.41) is 9.12. The molecule has 0 saturated heterocycles. The summed E-state index contributed by atoms with van der Waals surface area (Å²) in [6, 6.07) is 0. The predicted molar refractivity (Wildman–Crippen MR) is 50.4 cm³/mol. The van der Waals surface area contributed by atoms with Crippen LogP contribution in [-0.2, 0) is 4.79 Å². The molecule has 0 spiro atoms. The van der Waals surface area contributed by atoms with Gasteiger partial charge in [-0.05, 0) is 12.5 Å². The molecule has 0 aliphatic carbocycles. The Morgan fingerprint density at radius 3 is 2.58 bits per heavy atom. The van der Waals surface area contributed by atoms with E-state index < -0.39 is 6.10 Å². The highest BCUT2D eigenvalue weighted by molar-refractivity contribution is 5.92. The van der Waals surface area contributed by atoms with Gasteiger partial charge in [-0.3, -0.25) is 4.79 Å². The molecule has 0 amide bonds. The van der Waals surface area contributed by atoms with Crippen molar-refractivity contribution in [2.45, 2.75) is 38.7 Å². The predicted octanol–water partition coefficient (Wildman–Crippen LogP) is 1.84. The van der Waals surface area contributed by atoms with Gasteiger partial charge in [0, 0.05) is 0 Å². The van der Waals surface area contributed by atoms with Gasteiger partial charge < -0.3 is 11.3 Å². The van der Waals surface area contributed by atoms with E-state index in [-0.39, 0.29) is 11.9 Å². The molecule has 0 aromatic rings. The van der Waals surface area contributed by atoms with Crippen molar-refractivity contribution in [3.8, 4) is 0 Å². The van der Waals surface area contributed by atoms with E-state index in [1.165, 1.54) is 6.08 Å². The summed E-state index contributed by atoms with van der Waals surface area (Å²) in [5.74, 6) is -0.263. The number of hydrogen-bond acceptors (Lipinski definition) is 3. The quantitative estimate of drug-likeness (QED) is 0.475. The lowest BCUT2D eigenvalue weighted by atomic mass is 10.1. The Morgan fingerprint density at radius 1 is 1.58 bits per heavy atom. The van der Waals surface area contributed by atoms with E-state index in [9.17, 15) is 4.79 Å². The molecule has 0 radical (unpaired) electrons. The zero-order valence-electron chi connectivity index (χ0n) is 7.75. The van der Waals surface area contributed by atoms with Crippen LogP contribution in [0.5, 0.6) is 0 Å². The highest BCUT2D eigenvalue weighted by Crippen LogP contribution is 2.03. The average molecular weight is 173 g/mol. The van der Waals surface area contributed by atoms with Gasteiger partial charge in [0.25, 0.3) is 0 Å². The second-order valence-corrected chi connectivity index (χ2v) is 2.62.